The van der Waals surface area contributed by atoms with E-state index < -0.39 is 0 Å². The van der Waals surface area contributed by atoms with Gasteiger partial charge in [-0.3, -0.25) is 4.40 Å². The summed E-state index contributed by atoms with van der Waals surface area (Å²) in [5, 5.41) is 0. The Morgan fingerprint density at radius 2 is 2.40 bits per heavy atom. The van der Waals surface area contributed by atoms with Crippen LogP contribution in [0.3, 0.4) is 0 Å². The molecule has 0 radical (unpaired) electrons. The van der Waals surface area contributed by atoms with Gasteiger partial charge in [-0.1, -0.05) is 0 Å². The van der Waals surface area contributed by atoms with E-state index in [9.17, 15) is 0 Å². The minimum atomic E-state index is 0.614. The molecule has 0 spiro atoms. The largest absolute Gasteiger partial charge is 0.383 e. The summed E-state index contributed by atoms with van der Waals surface area (Å²) in [6, 6.07) is 1.80. The fraction of sp³-hybridized carbons (Fsp3) is 0. The normalized spacial score (nSPS) is 10.4. The lowest BCUT2D eigenvalue weighted by Gasteiger charge is -1.90. The molecule has 0 aliphatic rings. The predicted octanol–water partition coefficient (Wildman–Crippen LogP) is 0.311. The van der Waals surface area contributed by atoms with Crippen molar-refractivity contribution < 1.29 is 0 Å². The number of hydrogen-bond acceptors (Lipinski definition) is 3. The molecule has 0 aliphatic carbocycles. The molecule has 0 unspecified atom stereocenters. The molecule has 0 aromatic carbocycles. The molecule has 4 nitrogen and oxygen atoms in total. The Kier molecular flexibility index (Phi) is 0.887. The number of anilines is 1. The molecule has 2 aromatic rings. The number of nitrogens with zero attached hydrogens (tertiary/aromatic N) is 3. The van der Waals surface area contributed by atoms with Crippen LogP contribution < -0.4 is 5.73 Å². The van der Waals surface area contributed by atoms with Crippen LogP contribution in [0.1, 0.15) is 0 Å². The Morgan fingerprint density at radius 1 is 1.50 bits per heavy atom. The summed E-state index contributed by atoms with van der Waals surface area (Å²) in [4.78, 5) is 7.91. The number of rotatable bonds is 0. The van der Waals surface area contributed by atoms with Crippen molar-refractivity contribution in [2.24, 2.45) is 0 Å². The molecule has 0 saturated heterocycles. The van der Waals surface area contributed by atoms with Crippen LogP contribution in [0, 0.1) is 0 Å². The molecule has 2 rings (SSSR count). The van der Waals surface area contributed by atoms with Crippen LogP contribution in [0.4, 0.5) is 5.82 Å². The number of aromatic nitrogens is 3. The number of nitrogens with two attached hydrogens (primary N) is 1. The maximum atomic E-state index is 5.54. The summed E-state index contributed by atoms with van der Waals surface area (Å²) in [6.07, 6.45) is 4.93. The molecule has 2 aromatic heterocycles. The van der Waals surface area contributed by atoms with Crippen molar-refractivity contribution in [3.63, 3.8) is 0 Å². The van der Waals surface area contributed by atoms with Gasteiger partial charge in [0.2, 0.25) is 0 Å². The molecular weight excluding hydrogens is 128 g/mol. The first-order chi connectivity index (χ1) is 4.88. The Bertz CT molecular complexity index is 351. The van der Waals surface area contributed by atoms with E-state index in [-0.39, 0.29) is 0 Å². The number of fused-ring (bicyclic) bond motifs is 1. The number of imidazole rings is 1. The molecule has 4 heteroatoms. The van der Waals surface area contributed by atoms with Crippen LogP contribution in [0.15, 0.2) is 24.8 Å². The van der Waals surface area contributed by atoms with Crippen LogP contribution >= 0.6 is 0 Å². The summed E-state index contributed by atoms with van der Waals surface area (Å²) in [5.41, 5.74) is 6.36. The molecule has 0 atom stereocenters. The van der Waals surface area contributed by atoms with Crippen LogP contribution in [-0.2, 0) is 0 Å². The summed E-state index contributed by atoms with van der Waals surface area (Å²) >= 11 is 0. The lowest BCUT2D eigenvalue weighted by atomic mass is 10.6. The molecular formula is C6H6N4. The quantitative estimate of drug-likeness (QED) is 0.564. The van der Waals surface area contributed by atoms with E-state index in [4.69, 9.17) is 5.73 Å². The highest BCUT2D eigenvalue weighted by Gasteiger charge is 1.94. The molecule has 0 fully saturated rings. The zero-order chi connectivity index (χ0) is 6.97. The zero-order valence-corrected chi connectivity index (χ0v) is 5.23. The average molecular weight is 134 g/mol. The van der Waals surface area contributed by atoms with E-state index in [0.29, 0.717) is 5.82 Å². The lowest BCUT2D eigenvalue weighted by molar-refractivity contribution is 1.09. The maximum Gasteiger partial charge on any atom is 0.141 e. The van der Waals surface area contributed by atoms with Crippen LogP contribution in [0.2, 0.25) is 0 Å². The van der Waals surface area contributed by atoms with Gasteiger partial charge in [0.25, 0.3) is 0 Å². The van der Waals surface area contributed by atoms with Gasteiger partial charge >= 0.3 is 0 Å². The van der Waals surface area contributed by atoms with Crippen LogP contribution in [0.25, 0.3) is 5.65 Å². The topological polar surface area (TPSA) is 56.2 Å². The highest BCUT2D eigenvalue weighted by Crippen LogP contribution is 2.04. The highest BCUT2D eigenvalue weighted by atomic mass is 15.1. The Labute approximate surface area is 57.3 Å². The summed E-state index contributed by atoms with van der Waals surface area (Å²) in [5.74, 6) is 0.614. The molecule has 0 aliphatic heterocycles. The first kappa shape index (κ1) is 5.22. The molecule has 2 N–H and O–H groups in total. The fourth-order valence-electron chi connectivity index (χ4n) is 0.853. The van der Waals surface area contributed by atoms with E-state index in [0.717, 1.165) is 5.65 Å². The van der Waals surface area contributed by atoms with Crippen LogP contribution in [-0.4, -0.2) is 14.4 Å². The van der Waals surface area contributed by atoms with E-state index in [1.807, 2.05) is 0 Å². The third kappa shape index (κ3) is 0.556. The lowest BCUT2D eigenvalue weighted by Crippen LogP contribution is -1.91. The third-order valence-electron chi connectivity index (χ3n) is 1.35. The second-order valence-electron chi connectivity index (χ2n) is 1.99. The molecule has 0 bridgehead atoms. The van der Waals surface area contributed by atoms with Gasteiger partial charge in [0.1, 0.15) is 17.8 Å². The van der Waals surface area contributed by atoms with Crippen molar-refractivity contribution in [3.05, 3.63) is 24.8 Å². The highest BCUT2D eigenvalue weighted by molar-refractivity contribution is 5.45. The maximum absolute atomic E-state index is 5.54. The standard InChI is InChI=1S/C6H6N4/c7-5-3-9-6-1-2-8-4-10(5)6/h1-4H,7H2. The van der Waals surface area contributed by atoms with Gasteiger partial charge in [-0.25, -0.2) is 9.97 Å². The first-order valence-electron chi connectivity index (χ1n) is 2.90. The van der Waals surface area contributed by atoms with Crippen molar-refractivity contribution >= 4 is 11.5 Å². The molecule has 50 valence electrons. The van der Waals surface area contributed by atoms with E-state index >= 15 is 0 Å². The fourth-order valence-corrected chi connectivity index (χ4v) is 0.853. The van der Waals surface area contributed by atoms with Gasteiger partial charge < -0.3 is 5.73 Å². The van der Waals surface area contributed by atoms with E-state index in [2.05, 4.69) is 9.97 Å². The Hall–Kier alpha value is -1.58. The van der Waals surface area contributed by atoms with E-state index in [1.165, 1.54) is 0 Å². The molecule has 10 heavy (non-hydrogen) atoms. The van der Waals surface area contributed by atoms with Gasteiger partial charge in [0.15, 0.2) is 0 Å². The molecule has 0 amide bonds. The Balaban J connectivity index is 2.93. The smallest absolute Gasteiger partial charge is 0.141 e. The second-order valence-corrected chi connectivity index (χ2v) is 1.99. The third-order valence-corrected chi connectivity index (χ3v) is 1.35. The average Bonchev–Trinajstić information content (AvgIpc) is 2.34. The van der Waals surface area contributed by atoms with Gasteiger partial charge in [-0.2, -0.15) is 0 Å². The van der Waals surface area contributed by atoms with Crippen molar-refractivity contribution in [1.29, 1.82) is 0 Å². The summed E-state index contributed by atoms with van der Waals surface area (Å²) in [7, 11) is 0. The van der Waals surface area contributed by atoms with Gasteiger partial charge in [0, 0.05) is 6.20 Å². The summed E-state index contributed by atoms with van der Waals surface area (Å²) < 4.78 is 1.72. The predicted molar refractivity (Wildman–Crippen MR) is 37.4 cm³/mol. The van der Waals surface area contributed by atoms with Gasteiger partial charge in [0.05, 0.1) is 6.20 Å². The van der Waals surface area contributed by atoms with Gasteiger partial charge in [-0.05, 0) is 6.07 Å². The summed E-state index contributed by atoms with van der Waals surface area (Å²) in [6.45, 7) is 0. The SMILES string of the molecule is Nc1cnc2ccncn12. The van der Waals surface area contributed by atoms with Crippen molar-refractivity contribution in [3.8, 4) is 0 Å². The van der Waals surface area contributed by atoms with Crippen molar-refractivity contribution in [2.75, 3.05) is 5.73 Å². The van der Waals surface area contributed by atoms with Crippen molar-refractivity contribution in [1.82, 2.24) is 14.4 Å². The minimum Gasteiger partial charge on any atom is -0.383 e. The molecule has 2 heterocycles. The second kappa shape index (κ2) is 1.70. The van der Waals surface area contributed by atoms with Crippen LogP contribution in [0.5, 0.6) is 0 Å². The van der Waals surface area contributed by atoms with Crippen molar-refractivity contribution in [2.45, 2.75) is 0 Å². The first-order valence-corrected chi connectivity index (χ1v) is 2.90. The Morgan fingerprint density at radius 3 is 3.20 bits per heavy atom. The molecule has 0 saturated carbocycles. The van der Waals surface area contributed by atoms with Gasteiger partial charge in [-0.15, -0.1) is 0 Å². The number of hydrogen-bond donors (Lipinski definition) is 1. The van der Waals surface area contributed by atoms with E-state index in [1.54, 1.807) is 29.2 Å². The zero-order valence-electron chi connectivity index (χ0n) is 5.23. The minimum absolute atomic E-state index is 0.614. The monoisotopic (exact) mass is 134 g/mol. The number of nitrogen functional groups attached to an aromatic ring is 1.